The molecule has 2 aromatic rings. The van der Waals surface area contributed by atoms with Crippen molar-refractivity contribution in [2.75, 3.05) is 6.54 Å². The molecule has 0 saturated carbocycles. The van der Waals surface area contributed by atoms with Crippen LogP contribution in [0.3, 0.4) is 0 Å². The van der Waals surface area contributed by atoms with Gasteiger partial charge in [-0.25, -0.2) is 0 Å². The Labute approximate surface area is 140 Å². The van der Waals surface area contributed by atoms with Gasteiger partial charge in [0.15, 0.2) is 6.10 Å². The van der Waals surface area contributed by atoms with Gasteiger partial charge < -0.3 is 10.1 Å². The highest BCUT2D eigenvalue weighted by atomic mass is 35.5. The predicted octanol–water partition coefficient (Wildman–Crippen LogP) is 4.12. The smallest absolute Gasteiger partial charge is 0.260 e. The summed E-state index contributed by atoms with van der Waals surface area (Å²) < 4.78 is 5.56. The van der Waals surface area contributed by atoms with Gasteiger partial charge in [-0.2, -0.15) is 0 Å². The predicted molar refractivity (Wildman–Crippen MR) is 89.7 cm³/mol. The van der Waals surface area contributed by atoms with E-state index in [0.29, 0.717) is 22.3 Å². The first-order valence-corrected chi connectivity index (χ1v) is 7.74. The summed E-state index contributed by atoms with van der Waals surface area (Å²) in [5, 5.41) is 4.18. The van der Waals surface area contributed by atoms with E-state index in [2.05, 4.69) is 5.32 Å². The summed E-state index contributed by atoms with van der Waals surface area (Å²) in [7, 11) is 0. The summed E-state index contributed by atoms with van der Waals surface area (Å²) in [6.07, 6.45) is 0.153. The van der Waals surface area contributed by atoms with Crippen LogP contribution in [0.15, 0.2) is 48.5 Å². The summed E-state index contributed by atoms with van der Waals surface area (Å²) in [5.41, 5.74) is 1.08. The average molecular weight is 338 g/mol. The molecule has 0 radical (unpaired) electrons. The van der Waals surface area contributed by atoms with E-state index in [9.17, 15) is 4.79 Å². The standard InChI is InChI=1S/C17H17Cl2NO2/c1-12(22-16-7-5-14(18)6-8-16)17(21)20-10-9-13-3-2-4-15(19)11-13/h2-8,11-12H,9-10H2,1H3,(H,20,21). The molecule has 0 aliphatic heterocycles. The van der Waals surface area contributed by atoms with Crippen molar-refractivity contribution in [3.63, 3.8) is 0 Å². The summed E-state index contributed by atoms with van der Waals surface area (Å²) in [6, 6.07) is 14.5. The van der Waals surface area contributed by atoms with Crippen LogP contribution in [0.2, 0.25) is 10.0 Å². The zero-order chi connectivity index (χ0) is 15.9. The van der Waals surface area contributed by atoms with E-state index in [4.69, 9.17) is 27.9 Å². The highest BCUT2D eigenvalue weighted by Gasteiger charge is 2.13. The topological polar surface area (TPSA) is 38.3 Å². The van der Waals surface area contributed by atoms with E-state index in [1.54, 1.807) is 31.2 Å². The van der Waals surface area contributed by atoms with E-state index >= 15 is 0 Å². The third-order valence-electron chi connectivity index (χ3n) is 3.10. The molecular formula is C17H17Cl2NO2. The fourth-order valence-corrected chi connectivity index (χ4v) is 2.28. The Hall–Kier alpha value is -1.71. The maximum absolute atomic E-state index is 12.0. The molecule has 0 fully saturated rings. The van der Waals surface area contributed by atoms with Crippen LogP contribution in [0.1, 0.15) is 12.5 Å². The molecule has 0 saturated heterocycles. The minimum atomic E-state index is -0.569. The Morgan fingerprint density at radius 2 is 1.86 bits per heavy atom. The lowest BCUT2D eigenvalue weighted by Crippen LogP contribution is -2.37. The van der Waals surface area contributed by atoms with Gasteiger partial charge in [-0.05, 0) is 55.3 Å². The molecule has 0 spiro atoms. The maximum atomic E-state index is 12.0. The molecule has 116 valence electrons. The first kappa shape index (κ1) is 16.7. The Kier molecular flexibility index (Phi) is 6.10. The number of amides is 1. The normalized spacial score (nSPS) is 11.8. The highest BCUT2D eigenvalue weighted by Crippen LogP contribution is 2.16. The van der Waals surface area contributed by atoms with Gasteiger partial charge in [-0.3, -0.25) is 4.79 Å². The van der Waals surface area contributed by atoms with Gasteiger partial charge >= 0.3 is 0 Å². The van der Waals surface area contributed by atoms with Gasteiger partial charge in [0.05, 0.1) is 0 Å². The minimum absolute atomic E-state index is 0.156. The number of rotatable bonds is 6. The molecule has 0 heterocycles. The molecule has 0 aromatic heterocycles. The molecule has 2 rings (SSSR count). The van der Waals surface area contributed by atoms with Crippen LogP contribution in [0.5, 0.6) is 5.75 Å². The van der Waals surface area contributed by atoms with Gasteiger partial charge in [0.1, 0.15) is 5.75 Å². The van der Waals surface area contributed by atoms with Crippen LogP contribution in [-0.4, -0.2) is 18.6 Å². The largest absolute Gasteiger partial charge is 0.481 e. The fraction of sp³-hybridized carbons (Fsp3) is 0.235. The van der Waals surface area contributed by atoms with Crippen molar-refractivity contribution in [3.8, 4) is 5.75 Å². The second kappa shape index (κ2) is 8.06. The fourth-order valence-electron chi connectivity index (χ4n) is 1.94. The van der Waals surface area contributed by atoms with Crippen molar-refractivity contribution in [3.05, 3.63) is 64.1 Å². The number of nitrogens with one attached hydrogen (secondary N) is 1. The summed E-state index contributed by atoms with van der Waals surface area (Å²) in [5.74, 6) is 0.457. The lowest BCUT2D eigenvalue weighted by Gasteiger charge is -2.14. The number of hydrogen-bond acceptors (Lipinski definition) is 2. The first-order chi connectivity index (χ1) is 10.5. The Balaban J connectivity index is 1.77. The van der Waals surface area contributed by atoms with E-state index in [1.165, 1.54) is 0 Å². The number of hydrogen-bond donors (Lipinski definition) is 1. The summed E-state index contributed by atoms with van der Waals surface area (Å²) >= 11 is 11.7. The summed E-state index contributed by atoms with van der Waals surface area (Å²) in [6.45, 7) is 2.25. The molecule has 1 amide bonds. The van der Waals surface area contributed by atoms with Gasteiger partial charge in [0.2, 0.25) is 0 Å². The van der Waals surface area contributed by atoms with Crippen molar-refractivity contribution in [1.82, 2.24) is 5.32 Å². The number of carbonyl (C=O) groups is 1. The van der Waals surface area contributed by atoms with Gasteiger partial charge in [-0.15, -0.1) is 0 Å². The SMILES string of the molecule is CC(Oc1ccc(Cl)cc1)C(=O)NCCc1cccc(Cl)c1. The lowest BCUT2D eigenvalue weighted by atomic mass is 10.1. The molecule has 0 aliphatic rings. The molecule has 1 N–H and O–H groups in total. The van der Waals surface area contributed by atoms with Crippen molar-refractivity contribution in [2.45, 2.75) is 19.4 Å². The minimum Gasteiger partial charge on any atom is -0.481 e. The highest BCUT2D eigenvalue weighted by molar-refractivity contribution is 6.30. The second-order valence-electron chi connectivity index (χ2n) is 4.88. The van der Waals surface area contributed by atoms with Gasteiger partial charge in [0, 0.05) is 16.6 Å². The molecule has 1 atom stereocenters. The quantitative estimate of drug-likeness (QED) is 0.860. The third-order valence-corrected chi connectivity index (χ3v) is 3.58. The maximum Gasteiger partial charge on any atom is 0.260 e. The number of halogens is 2. The zero-order valence-electron chi connectivity index (χ0n) is 12.2. The molecule has 22 heavy (non-hydrogen) atoms. The molecular weight excluding hydrogens is 321 g/mol. The van der Waals surface area contributed by atoms with E-state index < -0.39 is 6.10 Å². The zero-order valence-corrected chi connectivity index (χ0v) is 13.7. The van der Waals surface area contributed by atoms with Crippen LogP contribution in [0.4, 0.5) is 0 Å². The lowest BCUT2D eigenvalue weighted by molar-refractivity contribution is -0.127. The van der Waals surface area contributed by atoms with Crippen molar-refractivity contribution in [1.29, 1.82) is 0 Å². The second-order valence-corrected chi connectivity index (χ2v) is 5.76. The van der Waals surface area contributed by atoms with Crippen LogP contribution < -0.4 is 10.1 Å². The van der Waals surface area contributed by atoms with E-state index in [-0.39, 0.29) is 5.91 Å². The van der Waals surface area contributed by atoms with Crippen LogP contribution in [0.25, 0.3) is 0 Å². The molecule has 5 heteroatoms. The van der Waals surface area contributed by atoms with Crippen LogP contribution in [0, 0.1) is 0 Å². The number of benzene rings is 2. The first-order valence-electron chi connectivity index (χ1n) is 6.99. The Morgan fingerprint density at radius 1 is 1.14 bits per heavy atom. The van der Waals surface area contributed by atoms with Crippen molar-refractivity contribution >= 4 is 29.1 Å². The third kappa shape index (κ3) is 5.24. The van der Waals surface area contributed by atoms with Crippen LogP contribution in [-0.2, 0) is 11.2 Å². The molecule has 2 aromatic carbocycles. The average Bonchev–Trinajstić information content (AvgIpc) is 2.49. The molecule has 0 bridgehead atoms. The monoisotopic (exact) mass is 337 g/mol. The number of ether oxygens (including phenoxy) is 1. The van der Waals surface area contributed by atoms with E-state index in [1.807, 2.05) is 24.3 Å². The van der Waals surface area contributed by atoms with Crippen molar-refractivity contribution < 1.29 is 9.53 Å². The van der Waals surface area contributed by atoms with Crippen molar-refractivity contribution in [2.24, 2.45) is 0 Å². The number of carbonyl (C=O) groups excluding carboxylic acids is 1. The molecule has 0 aliphatic carbocycles. The van der Waals surface area contributed by atoms with Crippen LogP contribution >= 0.6 is 23.2 Å². The van der Waals surface area contributed by atoms with E-state index in [0.717, 1.165) is 12.0 Å². The van der Waals surface area contributed by atoms with Gasteiger partial charge in [-0.1, -0.05) is 35.3 Å². The molecule has 1 unspecified atom stereocenters. The van der Waals surface area contributed by atoms with Gasteiger partial charge in [0.25, 0.3) is 5.91 Å². The Bertz CT molecular complexity index is 629. The Morgan fingerprint density at radius 3 is 2.55 bits per heavy atom. The molecule has 3 nitrogen and oxygen atoms in total. The summed E-state index contributed by atoms with van der Waals surface area (Å²) in [4.78, 5) is 12.0.